The van der Waals surface area contributed by atoms with Crippen LogP contribution in [0.3, 0.4) is 0 Å². The molecule has 0 aliphatic carbocycles. The van der Waals surface area contributed by atoms with E-state index in [1.54, 1.807) is 24.1 Å². The third-order valence-corrected chi connectivity index (χ3v) is 4.75. The van der Waals surface area contributed by atoms with Crippen LogP contribution in [-0.4, -0.2) is 29.7 Å². The summed E-state index contributed by atoms with van der Waals surface area (Å²) in [5.41, 5.74) is 6.21. The molecule has 114 valence electrons. The van der Waals surface area contributed by atoms with Crippen LogP contribution in [0.25, 0.3) is 0 Å². The molecule has 0 aliphatic heterocycles. The van der Waals surface area contributed by atoms with E-state index >= 15 is 0 Å². The van der Waals surface area contributed by atoms with Crippen molar-refractivity contribution in [1.82, 2.24) is 19.5 Å². The molecule has 3 N–H and O–H groups in total. The Kier molecular flexibility index (Phi) is 4.94. The zero-order valence-electron chi connectivity index (χ0n) is 11.5. The average molecular weight is 330 g/mol. The second-order valence-corrected chi connectivity index (χ2v) is 6.59. The summed E-state index contributed by atoms with van der Waals surface area (Å²) < 4.78 is 28.5. The van der Waals surface area contributed by atoms with Gasteiger partial charge in [-0.3, -0.25) is 4.68 Å². The molecule has 2 aromatic rings. The zero-order chi connectivity index (χ0) is 15.5. The van der Waals surface area contributed by atoms with E-state index in [2.05, 4.69) is 14.8 Å². The van der Waals surface area contributed by atoms with Crippen molar-refractivity contribution in [1.29, 1.82) is 0 Å². The van der Waals surface area contributed by atoms with Gasteiger partial charge in [0.25, 0.3) is 0 Å². The number of nitrogens with zero attached hydrogens (tertiary/aromatic N) is 3. The van der Waals surface area contributed by atoms with Crippen LogP contribution in [-0.2, 0) is 30.0 Å². The smallest absolute Gasteiger partial charge is 0.242 e. The summed E-state index contributed by atoms with van der Waals surface area (Å²) in [6, 6.07) is 4.70. The number of hydrogen-bond donors (Lipinski definition) is 2. The fourth-order valence-electron chi connectivity index (χ4n) is 1.75. The SMILES string of the molecule is Cn1cnc(CCNS(=O)(=O)c2cc(CN)ccc2Cl)n1. The van der Waals surface area contributed by atoms with Crippen molar-refractivity contribution in [3.8, 4) is 0 Å². The topological polar surface area (TPSA) is 103 Å². The molecule has 0 spiro atoms. The summed E-state index contributed by atoms with van der Waals surface area (Å²) in [7, 11) is -1.94. The highest BCUT2D eigenvalue weighted by molar-refractivity contribution is 7.89. The Hall–Kier alpha value is -1.48. The number of aryl methyl sites for hydroxylation is 1. The molecule has 21 heavy (non-hydrogen) atoms. The number of rotatable bonds is 6. The van der Waals surface area contributed by atoms with Crippen LogP contribution in [0.4, 0.5) is 0 Å². The molecule has 0 bridgehead atoms. The maximum atomic E-state index is 12.2. The lowest BCUT2D eigenvalue weighted by Gasteiger charge is -2.09. The predicted octanol–water partition coefficient (Wildman–Crippen LogP) is 0.448. The highest BCUT2D eigenvalue weighted by atomic mass is 35.5. The minimum absolute atomic E-state index is 0.0288. The van der Waals surface area contributed by atoms with Crippen LogP contribution >= 0.6 is 11.6 Å². The second kappa shape index (κ2) is 6.52. The molecule has 9 heteroatoms. The van der Waals surface area contributed by atoms with E-state index in [1.165, 1.54) is 12.1 Å². The van der Waals surface area contributed by atoms with E-state index in [4.69, 9.17) is 17.3 Å². The lowest BCUT2D eigenvalue weighted by molar-refractivity contribution is 0.580. The molecule has 1 heterocycles. The summed E-state index contributed by atoms with van der Waals surface area (Å²) in [5.74, 6) is 0.571. The Balaban J connectivity index is 2.07. The van der Waals surface area contributed by atoms with Crippen LogP contribution in [0.1, 0.15) is 11.4 Å². The highest BCUT2D eigenvalue weighted by Crippen LogP contribution is 2.22. The van der Waals surface area contributed by atoms with Crippen LogP contribution in [0, 0.1) is 0 Å². The number of sulfonamides is 1. The molecule has 0 atom stereocenters. The number of nitrogens with two attached hydrogens (primary N) is 1. The number of benzene rings is 1. The van der Waals surface area contributed by atoms with Crippen molar-refractivity contribution in [3.63, 3.8) is 0 Å². The fourth-order valence-corrected chi connectivity index (χ4v) is 3.33. The van der Waals surface area contributed by atoms with Crippen LogP contribution in [0.5, 0.6) is 0 Å². The minimum atomic E-state index is -3.69. The largest absolute Gasteiger partial charge is 0.326 e. The van der Waals surface area contributed by atoms with Gasteiger partial charge in [0.2, 0.25) is 10.0 Å². The van der Waals surface area contributed by atoms with Crippen LogP contribution in [0.15, 0.2) is 29.4 Å². The van der Waals surface area contributed by atoms with Crippen LogP contribution in [0.2, 0.25) is 5.02 Å². The number of nitrogens with one attached hydrogen (secondary N) is 1. The van der Waals surface area contributed by atoms with E-state index in [-0.39, 0.29) is 23.0 Å². The summed E-state index contributed by atoms with van der Waals surface area (Å²) in [6.45, 7) is 0.438. The first-order valence-electron chi connectivity index (χ1n) is 6.25. The van der Waals surface area contributed by atoms with E-state index in [0.29, 0.717) is 17.8 Å². The van der Waals surface area contributed by atoms with E-state index in [9.17, 15) is 8.42 Å². The van der Waals surface area contributed by atoms with Gasteiger partial charge in [0.1, 0.15) is 11.2 Å². The Morgan fingerprint density at radius 3 is 2.81 bits per heavy atom. The van der Waals surface area contributed by atoms with Gasteiger partial charge in [-0.15, -0.1) is 0 Å². The normalized spacial score (nSPS) is 11.8. The second-order valence-electron chi connectivity index (χ2n) is 4.45. The van der Waals surface area contributed by atoms with Crippen molar-refractivity contribution < 1.29 is 8.42 Å². The molecule has 0 saturated heterocycles. The molecule has 0 unspecified atom stereocenters. The Morgan fingerprint density at radius 1 is 1.43 bits per heavy atom. The summed E-state index contributed by atoms with van der Waals surface area (Å²) in [4.78, 5) is 4.06. The molecule has 1 aromatic carbocycles. The van der Waals surface area contributed by atoms with Gasteiger partial charge >= 0.3 is 0 Å². The van der Waals surface area contributed by atoms with E-state index in [0.717, 1.165) is 0 Å². The molecule has 7 nitrogen and oxygen atoms in total. The Bertz CT molecular complexity index is 729. The highest BCUT2D eigenvalue weighted by Gasteiger charge is 2.18. The van der Waals surface area contributed by atoms with Gasteiger partial charge in [-0.2, -0.15) is 5.10 Å². The molecule has 0 amide bonds. The molecular weight excluding hydrogens is 314 g/mol. The molecule has 0 aliphatic rings. The molecule has 0 saturated carbocycles. The first-order chi connectivity index (χ1) is 9.92. The third-order valence-electron chi connectivity index (χ3n) is 2.81. The Labute approximate surface area is 128 Å². The van der Waals surface area contributed by atoms with Crippen molar-refractivity contribution in [3.05, 3.63) is 40.9 Å². The summed E-state index contributed by atoms with van der Waals surface area (Å²) in [5, 5.41) is 4.24. The summed E-state index contributed by atoms with van der Waals surface area (Å²) in [6.07, 6.45) is 1.96. The quantitative estimate of drug-likeness (QED) is 0.801. The molecule has 0 radical (unpaired) electrons. The van der Waals surface area contributed by atoms with Gasteiger partial charge in [-0.1, -0.05) is 17.7 Å². The molecular formula is C12H16ClN5O2S. The van der Waals surface area contributed by atoms with Crippen molar-refractivity contribution in [2.75, 3.05) is 6.54 Å². The number of hydrogen-bond acceptors (Lipinski definition) is 5. The fraction of sp³-hybridized carbons (Fsp3) is 0.333. The lowest BCUT2D eigenvalue weighted by atomic mass is 10.2. The van der Waals surface area contributed by atoms with Crippen molar-refractivity contribution in [2.24, 2.45) is 12.8 Å². The van der Waals surface area contributed by atoms with E-state index < -0.39 is 10.0 Å². The average Bonchev–Trinajstić information content (AvgIpc) is 2.84. The van der Waals surface area contributed by atoms with E-state index in [1.807, 2.05) is 0 Å². The monoisotopic (exact) mass is 329 g/mol. The zero-order valence-corrected chi connectivity index (χ0v) is 13.0. The van der Waals surface area contributed by atoms with Gasteiger partial charge in [-0.25, -0.2) is 18.1 Å². The third kappa shape index (κ3) is 4.01. The molecule has 0 fully saturated rings. The van der Waals surface area contributed by atoms with Gasteiger partial charge in [0.15, 0.2) is 5.82 Å². The van der Waals surface area contributed by atoms with Gasteiger partial charge < -0.3 is 5.73 Å². The van der Waals surface area contributed by atoms with Gasteiger partial charge in [-0.05, 0) is 17.7 Å². The number of halogens is 1. The maximum Gasteiger partial charge on any atom is 0.242 e. The first kappa shape index (κ1) is 15.9. The maximum absolute atomic E-state index is 12.2. The van der Waals surface area contributed by atoms with Gasteiger partial charge in [0, 0.05) is 26.6 Å². The molecule has 1 aromatic heterocycles. The van der Waals surface area contributed by atoms with Crippen molar-refractivity contribution in [2.45, 2.75) is 17.9 Å². The predicted molar refractivity (Wildman–Crippen MR) is 79.2 cm³/mol. The molecule has 2 rings (SSSR count). The minimum Gasteiger partial charge on any atom is -0.326 e. The van der Waals surface area contributed by atoms with Gasteiger partial charge in [0.05, 0.1) is 5.02 Å². The number of aromatic nitrogens is 3. The Morgan fingerprint density at radius 2 is 2.19 bits per heavy atom. The standard InChI is InChI=1S/C12H16ClN5O2S/c1-18-8-15-12(17-18)4-5-16-21(19,20)11-6-9(7-14)2-3-10(11)13/h2-3,6,8,16H,4-5,7,14H2,1H3. The van der Waals surface area contributed by atoms with Crippen molar-refractivity contribution >= 4 is 21.6 Å². The summed E-state index contributed by atoms with van der Waals surface area (Å²) >= 11 is 5.95. The van der Waals surface area contributed by atoms with Crippen LogP contribution < -0.4 is 10.5 Å². The lowest BCUT2D eigenvalue weighted by Crippen LogP contribution is -2.26. The first-order valence-corrected chi connectivity index (χ1v) is 8.11.